The van der Waals surface area contributed by atoms with Crippen LogP contribution in [0.3, 0.4) is 0 Å². The molecule has 0 spiro atoms. The number of benzene rings is 1. The molecule has 1 aromatic carbocycles. The van der Waals surface area contributed by atoms with Gasteiger partial charge in [-0.25, -0.2) is 0 Å². The van der Waals surface area contributed by atoms with Crippen molar-refractivity contribution in [2.24, 2.45) is 0 Å². The summed E-state index contributed by atoms with van der Waals surface area (Å²) < 4.78 is 0. The predicted octanol–water partition coefficient (Wildman–Crippen LogP) is 1.27. The number of hydrogen-bond donors (Lipinski definition) is 1. The van der Waals surface area contributed by atoms with Gasteiger partial charge in [-0.3, -0.25) is 4.90 Å². The van der Waals surface area contributed by atoms with E-state index in [-0.39, 0.29) is 0 Å². The summed E-state index contributed by atoms with van der Waals surface area (Å²) >= 11 is 0. The zero-order valence-electron chi connectivity index (χ0n) is 11.3. The van der Waals surface area contributed by atoms with Gasteiger partial charge in [0.25, 0.3) is 0 Å². The molecule has 0 aliphatic rings. The lowest BCUT2D eigenvalue weighted by Gasteiger charge is -2.24. The summed E-state index contributed by atoms with van der Waals surface area (Å²) in [4.78, 5) is 4.73. The maximum Gasteiger partial charge on any atom is 0.0234 e. The third-order valence-electron chi connectivity index (χ3n) is 2.79. The molecule has 3 nitrogen and oxygen atoms in total. The van der Waals surface area contributed by atoms with Crippen LogP contribution in [0.15, 0.2) is 30.3 Å². The van der Waals surface area contributed by atoms with Crippen molar-refractivity contribution in [2.45, 2.75) is 6.54 Å². The normalized spacial score (nSPS) is 11.4. The van der Waals surface area contributed by atoms with E-state index in [0.29, 0.717) is 0 Å². The van der Waals surface area contributed by atoms with E-state index in [1.807, 2.05) is 7.05 Å². The Kier molecular flexibility index (Phi) is 6.86. The Labute approximate surface area is 105 Å². The van der Waals surface area contributed by atoms with Gasteiger partial charge < -0.3 is 10.2 Å². The Hall–Kier alpha value is -0.900. The Balaban J connectivity index is 2.44. The highest BCUT2D eigenvalue weighted by Gasteiger charge is 2.05. The van der Waals surface area contributed by atoms with Crippen LogP contribution in [0.2, 0.25) is 0 Å². The Morgan fingerprint density at radius 2 is 1.71 bits per heavy atom. The Morgan fingerprint density at radius 1 is 1.00 bits per heavy atom. The van der Waals surface area contributed by atoms with E-state index in [4.69, 9.17) is 0 Å². The number of nitrogens with zero attached hydrogens (tertiary/aromatic N) is 2. The van der Waals surface area contributed by atoms with Gasteiger partial charge in [0.05, 0.1) is 0 Å². The molecule has 0 amide bonds. The summed E-state index contributed by atoms with van der Waals surface area (Å²) in [5, 5.41) is 3.22. The molecule has 3 heteroatoms. The van der Waals surface area contributed by atoms with E-state index in [1.54, 1.807) is 0 Å². The number of likely N-dealkylation sites (N-methyl/N-ethyl adjacent to an activating group) is 2. The summed E-state index contributed by atoms with van der Waals surface area (Å²) in [6.07, 6.45) is 0. The third-order valence-corrected chi connectivity index (χ3v) is 2.79. The van der Waals surface area contributed by atoms with E-state index in [0.717, 1.165) is 32.7 Å². The van der Waals surface area contributed by atoms with Crippen molar-refractivity contribution in [1.29, 1.82) is 0 Å². The highest BCUT2D eigenvalue weighted by atomic mass is 15.2. The molecule has 96 valence electrons. The van der Waals surface area contributed by atoms with E-state index in [2.05, 4.69) is 59.5 Å². The van der Waals surface area contributed by atoms with Crippen LogP contribution in [0.25, 0.3) is 0 Å². The average Bonchev–Trinajstić information content (AvgIpc) is 2.34. The summed E-state index contributed by atoms with van der Waals surface area (Å²) in [7, 11) is 6.25. The van der Waals surface area contributed by atoms with Crippen molar-refractivity contribution < 1.29 is 0 Å². The molecule has 0 atom stereocenters. The second-order valence-electron chi connectivity index (χ2n) is 4.67. The van der Waals surface area contributed by atoms with Gasteiger partial charge in [0, 0.05) is 32.7 Å². The van der Waals surface area contributed by atoms with E-state index < -0.39 is 0 Å². The fourth-order valence-corrected chi connectivity index (χ4v) is 1.72. The first-order valence-corrected chi connectivity index (χ1v) is 6.28. The molecular weight excluding hydrogens is 210 g/mol. The smallest absolute Gasteiger partial charge is 0.0234 e. The second kappa shape index (κ2) is 8.23. The summed E-state index contributed by atoms with van der Waals surface area (Å²) in [6, 6.07) is 10.7. The zero-order valence-corrected chi connectivity index (χ0v) is 11.3. The molecule has 0 aliphatic heterocycles. The van der Waals surface area contributed by atoms with Crippen LogP contribution in [0.5, 0.6) is 0 Å². The number of nitrogens with one attached hydrogen (secondary N) is 1. The lowest BCUT2D eigenvalue weighted by molar-refractivity contribution is 0.235. The van der Waals surface area contributed by atoms with Crippen molar-refractivity contribution >= 4 is 0 Å². The standard InChI is InChI=1S/C14H25N3/c1-15-9-10-17(12-11-16(2)3)13-14-7-5-4-6-8-14/h4-8,15H,9-13H2,1-3H3. The van der Waals surface area contributed by atoms with Crippen molar-refractivity contribution in [3.63, 3.8) is 0 Å². The van der Waals surface area contributed by atoms with Crippen LogP contribution < -0.4 is 5.32 Å². The van der Waals surface area contributed by atoms with Gasteiger partial charge in [-0.15, -0.1) is 0 Å². The van der Waals surface area contributed by atoms with Gasteiger partial charge in [-0.05, 0) is 26.7 Å². The molecular formula is C14H25N3. The third kappa shape index (κ3) is 6.41. The molecule has 1 rings (SSSR count). The molecule has 0 fully saturated rings. The highest BCUT2D eigenvalue weighted by molar-refractivity contribution is 5.14. The topological polar surface area (TPSA) is 18.5 Å². The first-order valence-electron chi connectivity index (χ1n) is 6.28. The lowest BCUT2D eigenvalue weighted by Crippen LogP contribution is -2.35. The SMILES string of the molecule is CNCCN(CCN(C)C)Cc1ccccc1. The van der Waals surface area contributed by atoms with Gasteiger partial charge in [-0.1, -0.05) is 30.3 Å². The Morgan fingerprint density at radius 3 is 2.29 bits per heavy atom. The van der Waals surface area contributed by atoms with Crippen molar-refractivity contribution in [2.75, 3.05) is 47.3 Å². The summed E-state index contributed by atoms with van der Waals surface area (Å²) in [5.41, 5.74) is 1.39. The molecule has 1 aromatic rings. The van der Waals surface area contributed by atoms with E-state index in [1.165, 1.54) is 5.56 Å². The number of hydrogen-bond acceptors (Lipinski definition) is 3. The molecule has 0 saturated heterocycles. The maximum atomic E-state index is 3.22. The van der Waals surface area contributed by atoms with Crippen molar-refractivity contribution in [3.05, 3.63) is 35.9 Å². The second-order valence-corrected chi connectivity index (χ2v) is 4.67. The monoisotopic (exact) mass is 235 g/mol. The quantitative estimate of drug-likeness (QED) is 0.732. The molecule has 17 heavy (non-hydrogen) atoms. The van der Waals surface area contributed by atoms with Gasteiger partial charge in [0.1, 0.15) is 0 Å². The van der Waals surface area contributed by atoms with Gasteiger partial charge in [-0.2, -0.15) is 0 Å². The molecule has 0 heterocycles. The molecule has 1 N–H and O–H groups in total. The van der Waals surface area contributed by atoms with Crippen LogP contribution in [0, 0.1) is 0 Å². The minimum absolute atomic E-state index is 1.04. The molecule has 0 radical (unpaired) electrons. The van der Waals surface area contributed by atoms with Crippen LogP contribution in [0.1, 0.15) is 5.56 Å². The first-order chi connectivity index (χ1) is 8.22. The number of rotatable bonds is 8. The predicted molar refractivity (Wildman–Crippen MR) is 74.2 cm³/mol. The molecule has 0 unspecified atom stereocenters. The fraction of sp³-hybridized carbons (Fsp3) is 0.571. The zero-order chi connectivity index (χ0) is 12.5. The van der Waals surface area contributed by atoms with Crippen LogP contribution >= 0.6 is 0 Å². The largest absolute Gasteiger partial charge is 0.318 e. The molecule has 0 aliphatic carbocycles. The van der Waals surface area contributed by atoms with Crippen LogP contribution in [0.4, 0.5) is 0 Å². The average molecular weight is 235 g/mol. The van der Waals surface area contributed by atoms with Crippen molar-refractivity contribution in [3.8, 4) is 0 Å². The van der Waals surface area contributed by atoms with Gasteiger partial charge in [0.2, 0.25) is 0 Å². The molecule has 0 saturated carbocycles. The van der Waals surface area contributed by atoms with E-state index in [9.17, 15) is 0 Å². The van der Waals surface area contributed by atoms with Crippen LogP contribution in [-0.4, -0.2) is 57.1 Å². The molecule has 0 aromatic heterocycles. The maximum absolute atomic E-state index is 3.22. The van der Waals surface area contributed by atoms with Crippen LogP contribution in [-0.2, 0) is 6.54 Å². The lowest BCUT2D eigenvalue weighted by atomic mass is 10.2. The first kappa shape index (κ1) is 14.2. The van der Waals surface area contributed by atoms with Gasteiger partial charge >= 0.3 is 0 Å². The summed E-state index contributed by atoms with van der Waals surface area (Å²) in [5.74, 6) is 0. The minimum Gasteiger partial charge on any atom is -0.318 e. The highest BCUT2D eigenvalue weighted by Crippen LogP contribution is 2.03. The Bertz CT molecular complexity index is 285. The minimum atomic E-state index is 1.04. The summed E-state index contributed by atoms with van der Waals surface area (Å²) in [6.45, 7) is 5.40. The van der Waals surface area contributed by atoms with E-state index >= 15 is 0 Å². The van der Waals surface area contributed by atoms with Gasteiger partial charge in [0.15, 0.2) is 0 Å². The fourth-order valence-electron chi connectivity index (χ4n) is 1.72. The molecule has 0 bridgehead atoms. The van der Waals surface area contributed by atoms with Crippen molar-refractivity contribution in [1.82, 2.24) is 15.1 Å².